The number of hydrogen-bond donors (Lipinski definition) is 0. The van der Waals surface area contributed by atoms with Gasteiger partial charge in [0.05, 0.1) is 24.7 Å². The number of carbonyl (C=O) groups excluding carboxylic acids is 2. The molecule has 1 aromatic carbocycles. The van der Waals surface area contributed by atoms with Crippen molar-refractivity contribution in [2.45, 2.75) is 42.5 Å². The molecule has 0 aliphatic heterocycles. The minimum atomic E-state index is -4.63. The van der Waals surface area contributed by atoms with E-state index in [1.54, 1.807) is 6.07 Å². The third kappa shape index (κ3) is 4.56. The molecule has 0 radical (unpaired) electrons. The van der Waals surface area contributed by atoms with Crippen LogP contribution in [-0.4, -0.2) is 49.0 Å². The van der Waals surface area contributed by atoms with Crippen molar-refractivity contribution in [1.82, 2.24) is 14.3 Å². The predicted molar refractivity (Wildman–Crippen MR) is 102 cm³/mol. The Labute approximate surface area is 200 Å². The summed E-state index contributed by atoms with van der Waals surface area (Å²) in [4.78, 5) is 36.6. The maximum absolute atomic E-state index is 12.9. The molecule has 0 saturated heterocycles. The average Bonchev–Trinajstić information content (AvgIpc) is 3.64. The van der Waals surface area contributed by atoms with Crippen LogP contribution >= 0.6 is 0 Å². The van der Waals surface area contributed by atoms with Gasteiger partial charge >= 0.3 is 35.5 Å². The Kier molecular flexibility index (Phi) is 6.65. The van der Waals surface area contributed by atoms with Crippen molar-refractivity contribution < 1.29 is 57.0 Å². The first-order valence-corrected chi connectivity index (χ1v) is 10.7. The maximum atomic E-state index is 12.9. The standard InChI is InChI=1S/C18H20N4O7S.Na/c1-28-15(23)13-8-5-11(10-3-4-10)9-14(13)30(26,27)20-16(24)22-18(25)21(12-6-7-12)17(19-22)29-2;/h5,8-10,12H,3-4,6-7H2,1-2H3,(H,20,24);/q;+1/p-1. The summed E-state index contributed by atoms with van der Waals surface area (Å²) in [7, 11) is -2.22. The molecule has 31 heavy (non-hydrogen) atoms. The number of sulfonamides is 1. The van der Waals surface area contributed by atoms with Gasteiger partial charge in [-0.1, -0.05) is 6.07 Å². The third-order valence-corrected chi connectivity index (χ3v) is 6.28. The van der Waals surface area contributed by atoms with E-state index in [9.17, 15) is 22.8 Å². The van der Waals surface area contributed by atoms with Crippen molar-refractivity contribution in [3.63, 3.8) is 0 Å². The van der Waals surface area contributed by atoms with Gasteiger partial charge in [-0.25, -0.2) is 13.2 Å². The molecule has 0 spiro atoms. The molecule has 1 aromatic heterocycles. The summed E-state index contributed by atoms with van der Waals surface area (Å²) in [5.74, 6) is -0.683. The molecule has 2 aliphatic carbocycles. The van der Waals surface area contributed by atoms with E-state index in [0.29, 0.717) is 4.68 Å². The fourth-order valence-electron chi connectivity index (χ4n) is 3.16. The number of ether oxygens (including phenoxy) is 2. The second-order valence-corrected chi connectivity index (χ2v) is 8.73. The predicted octanol–water partition coefficient (Wildman–Crippen LogP) is -1.21. The largest absolute Gasteiger partial charge is 1.00 e. The molecule has 0 N–H and O–H groups in total. The van der Waals surface area contributed by atoms with E-state index in [-0.39, 0.29) is 53.1 Å². The number of benzene rings is 1. The van der Waals surface area contributed by atoms with Crippen molar-refractivity contribution in [3.05, 3.63) is 44.5 Å². The van der Waals surface area contributed by atoms with Gasteiger partial charge in [0.25, 0.3) is 11.7 Å². The number of carbonyl (C=O) groups is 2. The van der Waals surface area contributed by atoms with Crippen molar-refractivity contribution in [2.75, 3.05) is 14.2 Å². The van der Waals surface area contributed by atoms with E-state index < -0.39 is 32.6 Å². The fraction of sp³-hybridized carbons (Fsp3) is 0.444. The van der Waals surface area contributed by atoms with Crippen LogP contribution < -0.4 is 40.0 Å². The van der Waals surface area contributed by atoms with E-state index in [0.717, 1.165) is 38.4 Å². The molecule has 0 atom stereocenters. The van der Waals surface area contributed by atoms with Crippen molar-refractivity contribution >= 4 is 22.0 Å². The van der Waals surface area contributed by atoms with Crippen molar-refractivity contribution in [1.29, 1.82) is 0 Å². The summed E-state index contributed by atoms with van der Waals surface area (Å²) in [6.07, 6.45) is 3.26. The maximum Gasteiger partial charge on any atom is 1.00 e. The Hall–Kier alpha value is -2.15. The molecule has 11 nitrogen and oxygen atoms in total. The van der Waals surface area contributed by atoms with Gasteiger partial charge in [-0.3, -0.25) is 18.8 Å². The van der Waals surface area contributed by atoms with Crippen LogP contribution in [0.1, 0.15) is 53.6 Å². The van der Waals surface area contributed by atoms with Crippen LogP contribution in [0.4, 0.5) is 4.79 Å². The van der Waals surface area contributed by atoms with Crippen LogP contribution in [0.2, 0.25) is 0 Å². The topological polar surface area (TPSA) is 141 Å². The van der Waals surface area contributed by atoms with Crippen LogP contribution in [-0.2, 0) is 14.8 Å². The molecule has 2 aromatic rings. The number of aromatic nitrogens is 3. The summed E-state index contributed by atoms with van der Waals surface area (Å²) < 4.78 is 40.2. The van der Waals surface area contributed by atoms with E-state index in [1.807, 2.05) is 0 Å². The van der Waals surface area contributed by atoms with Crippen LogP contribution in [0.15, 0.2) is 27.9 Å². The molecule has 0 bridgehead atoms. The number of esters is 1. The zero-order chi connectivity index (χ0) is 21.6. The Balaban J connectivity index is 0.00000272. The molecule has 13 heteroatoms. The van der Waals surface area contributed by atoms with Gasteiger partial charge < -0.3 is 14.2 Å². The molecular weight excluding hydrogens is 439 g/mol. The Bertz CT molecular complexity index is 1200. The van der Waals surface area contributed by atoms with E-state index >= 15 is 0 Å². The quantitative estimate of drug-likeness (QED) is 0.388. The first kappa shape index (κ1) is 23.5. The minimum absolute atomic E-state index is 0. The summed E-state index contributed by atoms with van der Waals surface area (Å²) in [6, 6.07) is 2.66. The smallest absolute Gasteiger partial charge is 0.468 e. The van der Waals surface area contributed by atoms with Gasteiger partial charge in [0.2, 0.25) is 10.0 Å². The van der Waals surface area contributed by atoms with Gasteiger partial charge in [-0.2, -0.15) is 5.10 Å². The Morgan fingerprint density at radius 2 is 1.84 bits per heavy atom. The minimum Gasteiger partial charge on any atom is -0.468 e. The molecule has 1 amide bonds. The Morgan fingerprint density at radius 1 is 1.16 bits per heavy atom. The Morgan fingerprint density at radius 3 is 2.39 bits per heavy atom. The normalized spacial score (nSPS) is 15.7. The van der Waals surface area contributed by atoms with Crippen molar-refractivity contribution in [3.8, 4) is 6.01 Å². The molecule has 2 saturated carbocycles. The number of nitrogens with zero attached hydrogens (tertiary/aromatic N) is 4. The van der Waals surface area contributed by atoms with Crippen LogP contribution in [0.25, 0.3) is 4.72 Å². The first-order valence-electron chi connectivity index (χ1n) is 9.27. The second kappa shape index (κ2) is 8.77. The van der Waals surface area contributed by atoms with Gasteiger partial charge in [0.15, 0.2) is 6.03 Å². The molecule has 0 unspecified atom stereocenters. The second-order valence-electron chi connectivity index (χ2n) is 7.15. The first-order chi connectivity index (χ1) is 14.3. The average molecular weight is 458 g/mol. The van der Waals surface area contributed by atoms with Gasteiger partial charge in [-0.05, 0) is 49.3 Å². The molecule has 160 valence electrons. The zero-order valence-corrected chi connectivity index (χ0v) is 20.1. The summed E-state index contributed by atoms with van der Waals surface area (Å²) >= 11 is 0. The van der Waals surface area contributed by atoms with Crippen LogP contribution in [0.3, 0.4) is 0 Å². The summed E-state index contributed by atoms with van der Waals surface area (Å²) in [6.45, 7) is 0. The number of hydrogen-bond acceptors (Lipinski definition) is 8. The summed E-state index contributed by atoms with van der Waals surface area (Å²) in [5.41, 5.74) is -0.356. The molecule has 1 heterocycles. The van der Waals surface area contributed by atoms with Gasteiger partial charge in [-0.15, -0.1) is 0 Å². The van der Waals surface area contributed by atoms with E-state index in [1.165, 1.54) is 23.8 Å². The number of methoxy groups -OCH3 is 2. The van der Waals surface area contributed by atoms with E-state index in [4.69, 9.17) is 4.74 Å². The molecular formula is C18H19N4NaO7S. The monoisotopic (exact) mass is 458 g/mol. The molecule has 2 aliphatic rings. The van der Waals surface area contributed by atoms with Crippen LogP contribution in [0, 0.1) is 0 Å². The van der Waals surface area contributed by atoms with Crippen molar-refractivity contribution in [2.24, 2.45) is 0 Å². The number of amides is 1. The number of rotatable bonds is 6. The summed E-state index contributed by atoms with van der Waals surface area (Å²) in [5, 5.41) is 3.74. The SMILES string of the molecule is COC(=O)c1ccc(C2CC2)cc1S(=O)(=O)[N-]C(=O)n1nc(OC)n(C2CC2)c1=O.[Na+]. The zero-order valence-electron chi connectivity index (χ0n) is 17.3. The molecule has 4 rings (SSSR count). The van der Waals surface area contributed by atoms with Crippen LogP contribution in [0.5, 0.6) is 6.01 Å². The third-order valence-electron chi connectivity index (χ3n) is 4.99. The van der Waals surface area contributed by atoms with Gasteiger partial charge in [0.1, 0.15) is 0 Å². The van der Waals surface area contributed by atoms with E-state index in [2.05, 4.69) is 14.6 Å². The fourth-order valence-corrected chi connectivity index (χ4v) is 4.26. The van der Waals surface area contributed by atoms with Gasteiger partial charge in [0, 0.05) is 6.04 Å². The molecule has 2 fully saturated rings.